The van der Waals surface area contributed by atoms with Crippen molar-refractivity contribution in [1.82, 2.24) is 20.5 Å². The molecule has 0 bridgehead atoms. The van der Waals surface area contributed by atoms with E-state index in [1.54, 1.807) is 13.8 Å². The fraction of sp³-hybridized carbons (Fsp3) is 0.320. The first kappa shape index (κ1) is 23.9. The molecule has 4 rings (SSSR count). The summed E-state index contributed by atoms with van der Waals surface area (Å²) in [7, 11) is 0. The number of aromatic nitrogens is 3. The van der Waals surface area contributed by atoms with Gasteiger partial charge in [0.25, 0.3) is 11.9 Å². The first-order chi connectivity index (χ1) is 16.5. The molecule has 182 valence electrons. The number of fused-ring (bicyclic) bond motifs is 3. The van der Waals surface area contributed by atoms with Gasteiger partial charge in [-0.05, 0) is 49.9 Å². The van der Waals surface area contributed by atoms with Crippen LogP contribution >= 0.6 is 0 Å². The average molecular weight is 478 g/mol. The van der Waals surface area contributed by atoms with Crippen LogP contribution in [0.25, 0.3) is 11.1 Å². The largest absolute Gasteiger partial charge is 0.481 e. The van der Waals surface area contributed by atoms with E-state index in [1.165, 1.54) is 13.8 Å². The molecule has 10 heteroatoms. The lowest BCUT2D eigenvalue weighted by Gasteiger charge is -2.38. The monoisotopic (exact) mass is 477 g/mol. The van der Waals surface area contributed by atoms with E-state index < -0.39 is 28.9 Å². The third kappa shape index (κ3) is 4.46. The summed E-state index contributed by atoms with van der Waals surface area (Å²) in [6.07, 6.45) is -0.759. The van der Waals surface area contributed by atoms with Gasteiger partial charge in [-0.2, -0.15) is 4.98 Å². The Kier molecular flexibility index (Phi) is 6.06. The Hall–Kier alpha value is -4.21. The normalized spacial score (nSPS) is 13.0. The van der Waals surface area contributed by atoms with Gasteiger partial charge < -0.3 is 15.2 Å². The number of amides is 2. The summed E-state index contributed by atoms with van der Waals surface area (Å²) < 4.78 is 5.46. The molecule has 1 aromatic heterocycles. The molecule has 1 aliphatic carbocycles. The maximum absolute atomic E-state index is 12.6. The quantitative estimate of drug-likeness (QED) is 0.405. The number of nitrogens with zero attached hydrogens (tertiary/aromatic N) is 2. The van der Waals surface area contributed by atoms with Crippen molar-refractivity contribution in [1.29, 1.82) is 0 Å². The summed E-state index contributed by atoms with van der Waals surface area (Å²) in [6.45, 7) is 6.35. The molecule has 35 heavy (non-hydrogen) atoms. The second-order valence-electron chi connectivity index (χ2n) is 9.47. The van der Waals surface area contributed by atoms with Crippen molar-refractivity contribution in [2.45, 2.75) is 39.2 Å². The number of aliphatic carboxylic acids is 1. The highest BCUT2D eigenvalue weighted by molar-refractivity contribution is 5.92. The molecule has 1 aliphatic rings. The van der Waals surface area contributed by atoms with E-state index in [0.717, 1.165) is 22.3 Å². The molecule has 4 N–H and O–H groups in total. The van der Waals surface area contributed by atoms with Crippen LogP contribution in [-0.2, 0) is 9.53 Å². The summed E-state index contributed by atoms with van der Waals surface area (Å²) in [6, 6.07) is 16.0. The highest BCUT2D eigenvalue weighted by Crippen LogP contribution is 2.44. The highest BCUT2D eigenvalue weighted by atomic mass is 16.5. The van der Waals surface area contributed by atoms with E-state index in [0.29, 0.717) is 0 Å². The molecule has 10 nitrogen and oxygen atoms in total. The standard InChI is InChI=1S/C25H27N5O5/c1-24(2,21(32)33)25(3,4)28-20(31)19-26-22(30-29-19)27-23(34)35-13-18-16-11-7-5-9-14(16)15-10-6-8-12-17(15)18/h5-12,18H,13H2,1-4H3,(H,28,31)(H,32,33)(H2,26,27,29,30,34). The third-order valence-corrected chi connectivity index (χ3v) is 6.78. The van der Waals surface area contributed by atoms with Crippen molar-refractivity contribution in [3.05, 3.63) is 65.5 Å². The average Bonchev–Trinajstić information content (AvgIpc) is 3.40. The molecule has 0 unspecified atom stereocenters. The van der Waals surface area contributed by atoms with E-state index in [-0.39, 0.29) is 24.3 Å². The van der Waals surface area contributed by atoms with Gasteiger partial charge in [-0.1, -0.05) is 48.5 Å². The molecule has 0 fully saturated rings. The summed E-state index contributed by atoms with van der Waals surface area (Å²) in [4.78, 5) is 40.5. The van der Waals surface area contributed by atoms with Gasteiger partial charge >= 0.3 is 12.1 Å². The fourth-order valence-corrected chi connectivity index (χ4v) is 3.91. The second kappa shape index (κ2) is 8.86. The van der Waals surface area contributed by atoms with E-state index in [1.807, 2.05) is 48.5 Å². The van der Waals surface area contributed by atoms with Crippen molar-refractivity contribution in [2.75, 3.05) is 11.9 Å². The minimum absolute atomic E-state index is 0.0959. The van der Waals surface area contributed by atoms with Crippen LogP contribution in [0.4, 0.5) is 10.7 Å². The van der Waals surface area contributed by atoms with Crippen molar-refractivity contribution < 1.29 is 24.2 Å². The van der Waals surface area contributed by atoms with Crippen LogP contribution in [0.15, 0.2) is 48.5 Å². The zero-order valence-electron chi connectivity index (χ0n) is 19.9. The van der Waals surface area contributed by atoms with Gasteiger partial charge in [-0.3, -0.25) is 20.0 Å². The maximum Gasteiger partial charge on any atom is 0.414 e. The Morgan fingerprint density at radius 3 is 2.14 bits per heavy atom. The van der Waals surface area contributed by atoms with Crippen LogP contribution < -0.4 is 10.6 Å². The van der Waals surface area contributed by atoms with E-state index in [2.05, 4.69) is 25.8 Å². The van der Waals surface area contributed by atoms with Crippen LogP contribution in [0.2, 0.25) is 0 Å². The van der Waals surface area contributed by atoms with Gasteiger partial charge in [0.1, 0.15) is 6.61 Å². The van der Waals surface area contributed by atoms with Crippen molar-refractivity contribution >= 4 is 23.9 Å². The summed E-state index contributed by atoms with van der Waals surface area (Å²) in [5, 5.41) is 20.8. The number of hydrogen-bond acceptors (Lipinski definition) is 6. The van der Waals surface area contributed by atoms with Crippen LogP contribution in [0.1, 0.15) is 55.4 Å². The zero-order valence-corrected chi connectivity index (χ0v) is 19.9. The van der Waals surface area contributed by atoms with E-state index in [4.69, 9.17) is 4.74 Å². The highest BCUT2D eigenvalue weighted by Gasteiger charge is 2.44. The number of carboxylic acid groups (broad SMARTS) is 1. The first-order valence-corrected chi connectivity index (χ1v) is 11.1. The molecule has 1 heterocycles. The number of rotatable bonds is 7. The van der Waals surface area contributed by atoms with Crippen LogP contribution in [0.3, 0.4) is 0 Å². The number of hydrogen-bond donors (Lipinski definition) is 4. The van der Waals surface area contributed by atoms with E-state index in [9.17, 15) is 19.5 Å². The van der Waals surface area contributed by atoms with Crippen LogP contribution in [-0.4, -0.2) is 50.4 Å². The topological polar surface area (TPSA) is 146 Å². The predicted molar refractivity (Wildman–Crippen MR) is 128 cm³/mol. The summed E-state index contributed by atoms with van der Waals surface area (Å²) in [5.41, 5.74) is 2.08. The van der Waals surface area contributed by atoms with Gasteiger partial charge in [-0.25, -0.2) is 4.79 Å². The lowest BCUT2D eigenvalue weighted by Crippen LogP contribution is -2.57. The molecule has 2 aromatic carbocycles. The molecule has 0 saturated heterocycles. The number of carbonyl (C=O) groups is 3. The van der Waals surface area contributed by atoms with Gasteiger partial charge in [0.2, 0.25) is 5.82 Å². The molecule has 0 atom stereocenters. The molecule has 0 saturated carbocycles. The van der Waals surface area contributed by atoms with Crippen LogP contribution in [0.5, 0.6) is 0 Å². The van der Waals surface area contributed by atoms with Crippen molar-refractivity contribution in [2.24, 2.45) is 5.41 Å². The predicted octanol–water partition coefficient (Wildman–Crippen LogP) is 3.78. The summed E-state index contributed by atoms with van der Waals surface area (Å²) >= 11 is 0. The van der Waals surface area contributed by atoms with Crippen LogP contribution in [0, 0.1) is 5.41 Å². The Balaban J connectivity index is 1.38. The number of H-pyrrole nitrogens is 1. The number of aromatic amines is 1. The van der Waals surface area contributed by atoms with Crippen molar-refractivity contribution in [3.8, 4) is 11.1 Å². The molecular weight excluding hydrogens is 450 g/mol. The Morgan fingerprint density at radius 1 is 1.00 bits per heavy atom. The van der Waals surface area contributed by atoms with E-state index >= 15 is 0 Å². The number of nitrogens with one attached hydrogen (secondary N) is 3. The third-order valence-electron chi connectivity index (χ3n) is 6.78. The van der Waals surface area contributed by atoms with Gasteiger partial charge in [0, 0.05) is 5.92 Å². The number of ether oxygens (including phenoxy) is 1. The smallest absolute Gasteiger partial charge is 0.414 e. The maximum atomic E-state index is 12.6. The minimum Gasteiger partial charge on any atom is -0.481 e. The minimum atomic E-state index is -1.24. The zero-order chi connectivity index (χ0) is 25.4. The van der Waals surface area contributed by atoms with Gasteiger partial charge in [0.05, 0.1) is 11.0 Å². The first-order valence-electron chi connectivity index (χ1n) is 11.1. The summed E-state index contributed by atoms with van der Waals surface area (Å²) in [5.74, 6) is -2.12. The number of anilines is 1. The SMILES string of the molecule is CC(C)(NC(=O)c1nc(NC(=O)OCC2c3ccccc3-c3ccccc32)n[nH]1)C(C)(C)C(=O)O. The van der Waals surface area contributed by atoms with Crippen molar-refractivity contribution in [3.63, 3.8) is 0 Å². The van der Waals surface area contributed by atoms with Gasteiger partial charge in [0.15, 0.2) is 0 Å². The molecular formula is C25H27N5O5. The fourth-order valence-electron chi connectivity index (χ4n) is 3.91. The molecule has 2 amide bonds. The Bertz CT molecular complexity index is 1250. The Morgan fingerprint density at radius 2 is 1.57 bits per heavy atom. The molecule has 0 spiro atoms. The number of carboxylic acids is 1. The lowest BCUT2D eigenvalue weighted by atomic mass is 9.74. The second-order valence-corrected chi connectivity index (χ2v) is 9.47. The lowest BCUT2D eigenvalue weighted by molar-refractivity contribution is -0.150. The van der Waals surface area contributed by atoms with Gasteiger partial charge in [-0.15, -0.1) is 5.10 Å². The Labute approximate surface area is 202 Å². The number of benzene rings is 2. The molecule has 0 aliphatic heterocycles. The molecule has 0 radical (unpaired) electrons. The molecule has 3 aromatic rings. The number of carbonyl (C=O) groups excluding carboxylic acids is 2.